The van der Waals surface area contributed by atoms with Crippen LogP contribution >= 0.6 is 11.8 Å². The number of unbranched alkanes of at least 4 members (excludes halogenated alkanes) is 7. The van der Waals surface area contributed by atoms with Crippen molar-refractivity contribution < 1.29 is 67.1 Å². The number of carbonyl (C=O) groups excluding carboxylic acids is 7. The molecule has 2 fully saturated rings. The van der Waals surface area contributed by atoms with Crippen LogP contribution in [0.5, 0.6) is 0 Å². The number of fused-ring (bicyclic) bond motifs is 1. The molecular weight excluding hydrogens is 795 g/mol. The Hall–Kier alpha value is -3.56. The first kappa shape index (κ1) is 51.6. The Morgan fingerprint density at radius 3 is 2.08 bits per heavy atom. The van der Waals surface area contributed by atoms with E-state index in [4.69, 9.17) is 29.4 Å². The molecule has 59 heavy (non-hydrogen) atoms. The van der Waals surface area contributed by atoms with Crippen LogP contribution in [0.3, 0.4) is 0 Å². The molecule has 0 spiro atoms. The number of alkyl carbamates (subject to hydrolysis) is 1. The van der Waals surface area contributed by atoms with Crippen molar-refractivity contribution in [1.29, 1.82) is 0 Å². The van der Waals surface area contributed by atoms with E-state index in [1.807, 2.05) is 20.8 Å². The van der Waals surface area contributed by atoms with Gasteiger partial charge >= 0.3 is 12.1 Å². The van der Waals surface area contributed by atoms with Crippen LogP contribution in [-0.4, -0.2) is 125 Å². The predicted octanol–water partition coefficient (Wildman–Crippen LogP) is 2.18. The van der Waals surface area contributed by atoms with E-state index in [2.05, 4.69) is 26.0 Å². The lowest BCUT2D eigenvalue weighted by Crippen LogP contribution is -2.73. The number of ether oxygens (including phenoxy) is 6. The van der Waals surface area contributed by atoms with Gasteiger partial charge in [0.25, 0.3) is 0 Å². The van der Waals surface area contributed by atoms with Gasteiger partial charge in [0.2, 0.25) is 28.7 Å². The molecule has 2 aliphatic rings. The fourth-order valence-electron chi connectivity index (χ4n) is 6.33. The number of nitrogens with two attached hydrogens (primary N) is 1. The summed E-state index contributed by atoms with van der Waals surface area (Å²) in [5.41, 5.74) is 4.86. The maximum Gasteiger partial charge on any atom is 0.407 e. The molecule has 0 aromatic carbocycles. The highest BCUT2D eigenvalue weighted by atomic mass is 32.2. The summed E-state index contributed by atoms with van der Waals surface area (Å²) in [4.78, 5) is 87.3. The highest BCUT2D eigenvalue weighted by Gasteiger charge is 2.60. The van der Waals surface area contributed by atoms with E-state index in [1.54, 1.807) is 13.8 Å². The van der Waals surface area contributed by atoms with Gasteiger partial charge in [-0.3, -0.25) is 28.8 Å². The van der Waals surface area contributed by atoms with Crippen molar-refractivity contribution in [2.45, 2.75) is 185 Å². The van der Waals surface area contributed by atoms with E-state index < -0.39 is 94.7 Å². The fraction of sp³-hybridized carbons (Fsp3) is 0.821. The van der Waals surface area contributed by atoms with Gasteiger partial charge in [0.15, 0.2) is 10.9 Å². The largest absolute Gasteiger partial charge is 0.469 e. The summed E-state index contributed by atoms with van der Waals surface area (Å²) in [6.07, 6.45) is 1.96. The van der Waals surface area contributed by atoms with Crippen LogP contribution in [0.15, 0.2) is 0 Å². The number of amides is 5. The van der Waals surface area contributed by atoms with Crippen LogP contribution in [0.4, 0.5) is 4.79 Å². The van der Waals surface area contributed by atoms with Gasteiger partial charge in [0, 0.05) is 26.3 Å². The smallest absolute Gasteiger partial charge is 0.407 e. The maximum absolute atomic E-state index is 13.4. The van der Waals surface area contributed by atoms with Crippen molar-refractivity contribution in [3.8, 4) is 0 Å². The first-order valence-electron chi connectivity index (χ1n) is 20.3. The van der Waals surface area contributed by atoms with Crippen molar-refractivity contribution in [3.05, 3.63) is 0 Å². The Morgan fingerprint density at radius 2 is 1.51 bits per heavy atom. The molecule has 0 saturated carbocycles. The summed E-state index contributed by atoms with van der Waals surface area (Å²) >= 11 is 0.511. The van der Waals surface area contributed by atoms with Crippen LogP contribution in [0.1, 0.15) is 126 Å². The summed E-state index contributed by atoms with van der Waals surface area (Å²) in [6, 6.07) is -3.81. The molecule has 0 radical (unpaired) electrons. The Bertz CT molecular complexity index is 1440. The first-order valence-corrected chi connectivity index (χ1v) is 21.1. The second-order valence-corrected chi connectivity index (χ2v) is 17.5. The average Bonchev–Trinajstić information content (AvgIpc) is 3.12. The van der Waals surface area contributed by atoms with Crippen LogP contribution in [0.2, 0.25) is 0 Å². The summed E-state index contributed by atoms with van der Waals surface area (Å²) in [5, 5.41) is 19.6. The summed E-state index contributed by atoms with van der Waals surface area (Å²) in [6.45, 7) is 13.2. The number of primary amides is 1. The molecule has 2 rings (SSSR count). The van der Waals surface area contributed by atoms with Gasteiger partial charge in [-0.2, -0.15) is 0 Å². The van der Waals surface area contributed by atoms with E-state index in [-0.39, 0.29) is 31.0 Å². The van der Waals surface area contributed by atoms with Gasteiger partial charge in [0.1, 0.15) is 48.1 Å². The lowest BCUT2D eigenvalue weighted by Gasteiger charge is -2.54. The number of esters is 1. The standard InChI is InChI=1S/C39H67N5O14S/c1-23(34(49)44-26(33(40)48)19-20-28(46)53-9)42-35(50)24(2)55-31-30-27(22-54-38(7,8)57-30)56-39(52,32(31)43-25(3)45)59-29(47)18-16-14-12-10-11-13-15-17-21-41-36(51)58-37(4,5)6/h23-24,26-27,30-32,52H,10-22H2,1-9H3,(H2,40,48)(H,41,51)(H,42,50)(H,43,45)(H,44,49)/t23-,24+,26-,27+,30+,31-,32+,39?/m0/s1. The number of rotatable bonds is 23. The van der Waals surface area contributed by atoms with E-state index in [9.17, 15) is 38.7 Å². The number of aliphatic hydroxyl groups is 1. The Balaban J connectivity index is 2.01. The molecule has 0 aromatic rings. The van der Waals surface area contributed by atoms with Crippen LogP contribution in [-0.2, 0) is 57.2 Å². The molecule has 2 saturated heterocycles. The Kier molecular flexibility index (Phi) is 21.0. The highest BCUT2D eigenvalue weighted by Crippen LogP contribution is 2.43. The number of hydrogen-bond donors (Lipinski definition) is 6. The Labute approximate surface area is 351 Å². The normalized spacial score (nSPS) is 24.0. The molecule has 7 N–H and O–H groups in total. The molecule has 5 amide bonds. The molecular formula is C39H67N5O14S. The molecule has 0 aromatic heterocycles. The fourth-order valence-corrected chi connectivity index (χ4v) is 7.40. The summed E-state index contributed by atoms with van der Waals surface area (Å²) in [5.74, 6) is -4.74. The quantitative estimate of drug-likeness (QED) is 0.0488. The third kappa shape index (κ3) is 18.7. The molecule has 338 valence electrons. The van der Waals surface area contributed by atoms with Crippen LogP contribution in [0.25, 0.3) is 0 Å². The minimum atomic E-state index is -2.35. The summed E-state index contributed by atoms with van der Waals surface area (Å²) in [7, 11) is 1.18. The van der Waals surface area contributed by atoms with Crippen molar-refractivity contribution in [3.63, 3.8) is 0 Å². The minimum absolute atomic E-state index is 0.0730. The van der Waals surface area contributed by atoms with E-state index in [0.717, 1.165) is 44.9 Å². The number of carbonyl (C=O) groups is 7. The number of hydrogen-bond acceptors (Lipinski definition) is 15. The van der Waals surface area contributed by atoms with Crippen molar-refractivity contribution >= 4 is 52.6 Å². The molecule has 2 heterocycles. The van der Waals surface area contributed by atoms with E-state index in [1.165, 1.54) is 27.9 Å². The first-order chi connectivity index (χ1) is 27.5. The highest BCUT2D eigenvalue weighted by molar-refractivity contribution is 8.14. The molecule has 0 bridgehead atoms. The number of nitrogens with one attached hydrogen (secondary N) is 4. The van der Waals surface area contributed by atoms with Crippen LogP contribution in [0, 0.1) is 0 Å². The molecule has 19 nitrogen and oxygen atoms in total. The zero-order valence-corrected chi connectivity index (χ0v) is 36.8. The lowest BCUT2D eigenvalue weighted by atomic mass is 9.94. The topological polar surface area (TPSA) is 269 Å². The molecule has 20 heteroatoms. The van der Waals surface area contributed by atoms with E-state index >= 15 is 0 Å². The Morgan fingerprint density at radius 1 is 0.898 bits per heavy atom. The van der Waals surface area contributed by atoms with Crippen molar-refractivity contribution in [2.75, 3.05) is 20.3 Å². The maximum atomic E-state index is 13.4. The van der Waals surface area contributed by atoms with Gasteiger partial charge in [-0.05, 0) is 79.5 Å². The monoisotopic (exact) mass is 861 g/mol. The van der Waals surface area contributed by atoms with E-state index in [0.29, 0.717) is 24.7 Å². The zero-order chi connectivity index (χ0) is 44.6. The zero-order valence-electron chi connectivity index (χ0n) is 36.0. The molecule has 1 unspecified atom stereocenters. The third-order valence-electron chi connectivity index (χ3n) is 9.35. The molecule has 0 aliphatic carbocycles. The molecule has 8 atom stereocenters. The number of thioether (sulfide) groups is 1. The molecule has 2 aliphatic heterocycles. The predicted molar refractivity (Wildman–Crippen MR) is 215 cm³/mol. The second-order valence-electron chi connectivity index (χ2n) is 16.3. The van der Waals surface area contributed by atoms with Gasteiger partial charge in [-0.15, -0.1) is 0 Å². The lowest BCUT2D eigenvalue weighted by molar-refractivity contribution is -0.376. The minimum Gasteiger partial charge on any atom is -0.469 e. The second kappa shape index (κ2) is 24.0. The third-order valence-corrected chi connectivity index (χ3v) is 10.4. The average molecular weight is 862 g/mol. The van der Waals surface area contributed by atoms with Gasteiger partial charge in [0.05, 0.1) is 13.7 Å². The van der Waals surface area contributed by atoms with Crippen molar-refractivity contribution in [2.24, 2.45) is 5.73 Å². The van der Waals surface area contributed by atoms with Crippen molar-refractivity contribution in [1.82, 2.24) is 21.3 Å². The van der Waals surface area contributed by atoms with Gasteiger partial charge in [-0.1, -0.05) is 38.5 Å². The summed E-state index contributed by atoms with van der Waals surface area (Å²) < 4.78 is 34.0. The number of methoxy groups -OCH3 is 1. The van der Waals surface area contributed by atoms with Crippen LogP contribution < -0.4 is 27.0 Å². The van der Waals surface area contributed by atoms with Gasteiger partial charge < -0.3 is 60.5 Å². The van der Waals surface area contributed by atoms with Gasteiger partial charge in [-0.25, -0.2) is 4.79 Å². The SMILES string of the molecule is COC(=O)CC[C@H](NC(=O)[C@H](C)NC(=O)[C@@H](C)O[C@H]1[C@@H]2OC(C)(C)OC[C@H]2OC(O)(SC(=O)CCCCCCCCCCNC(=O)OC(C)(C)C)[C@@H]1NC(C)=O)C(N)=O.